The predicted octanol–water partition coefficient (Wildman–Crippen LogP) is 4.13. The van der Waals surface area contributed by atoms with Crippen molar-refractivity contribution in [2.24, 2.45) is 5.92 Å². The Morgan fingerprint density at radius 2 is 1.86 bits per heavy atom. The molecular weight excluding hydrogens is 461 g/mol. The first kappa shape index (κ1) is 26.1. The van der Waals surface area contributed by atoms with Gasteiger partial charge in [-0.2, -0.15) is 0 Å². The maximum Gasteiger partial charge on any atom is 0.243 e. The Morgan fingerprint density at radius 1 is 1.11 bits per heavy atom. The Kier molecular flexibility index (Phi) is 8.59. The van der Waals surface area contributed by atoms with Crippen LogP contribution in [0.1, 0.15) is 89.9 Å². The molecule has 3 amide bonds. The molecule has 3 atom stereocenters. The minimum Gasteiger partial charge on any atom is -0.345 e. The number of H-pyrrole nitrogens is 1. The SMILES string of the molecule is C[C@H](NC(=O)[C@H](CCC(=O)N1CCCC[C@@H]1C)NC(=O)C1CCCCC1)c1nc2c(F)cccc2[nH]1. The highest BCUT2D eigenvalue weighted by molar-refractivity contribution is 5.89. The highest BCUT2D eigenvalue weighted by Crippen LogP contribution is 2.24. The van der Waals surface area contributed by atoms with Gasteiger partial charge in [0.1, 0.15) is 17.4 Å². The van der Waals surface area contributed by atoms with Gasteiger partial charge >= 0.3 is 0 Å². The van der Waals surface area contributed by atoms with Crippen molar-refractivity contribution in [1.29, 1.82) is 0 Å². The van der Waals surface area contributed by atoms with Crippen LogP contribution >= 0.6 is 0 Å². The number of imidazole rings is 1. The largest absolute Gasteiger partial charge is 0.345 e. The van der Waals surface area contributed by atoms with Gasteiger partial charge in [0.2, 0.25) is 17.7 Å². The molecule has 3 N–H and O–H groups in total. The number of likely N-dealkylation sites (tertiary alicyclic amines) is 1. The van der Waals surface area contributed by atoms with Gasteiger partial charge in [-0.15, -0.1) is 0 Å². The molecule has 8 nitrogen and oxygen atoms in total. The third kappa shape index (κ3) is 6.23. The van der Waals surface area contributed by atoms with Crippen LogP contribution in [0.5, 0.6) is 0 Å². The van der Waals surface area contributed by atoms with Crippen LogP contribution in [0.25, 0.3) is 11.0 Å². The summed E-state index contributed by atoms with van der Waals surface area (Å²) in [4.78, 5) is 48.5. The van der Waals surface area contributed by atoms with Gasteiger partial charge in [0.25, 0.3) is 0 Å². The van der Waals surface area contributed by atoms with Gasteiger partial charge in [-0.3, -0.25) is 14.4 Å². The number of hydrogen-bond acceptors (Lipinski definition) is 4. The average Bonchev–Trinajstić information content (AvgIpc) is 3.33. The van der Waals surface area contributed by atoms with E-state index in [1.54, 1.807) is 19.1 Å². The maximum absolute atomic E-state index is 14.1. The molecular formula is C27H38FN5O3. The molecule has 1 aromatic heterocycles. The smallest absolute Gasteiger partial charge is 0.243 e. The normalized spacial score (nSPS) is 20.6. The molecule has 4 rings (SSSR count). The molecule has 1 saturated heterocycles. The van der Waals surface area contributed by atoms with Crippen molar-refractivity contribution in [2.75, 3.05) is 6.54 Å². The lowest BCUT2D eigenvalue weighted by molar-refractivity contribution is -0.136. The zero-order valence-corrected chi connectivity index (χ0v) is 21.3. The molecule has 1 aromatic carbocycles. The first-order valence-electron chi connectivity index (χ1n) is 13.4. The Balaban J connectivity index is 1.43. The van der Waals surface area contributed by atoms with Crippen molar-refractivity contribution < 1.29 is 18.8 Å². The topological polar surface area (TPSA) is 107 Å². The lowest BCUT2D eigenvalue weighted by Crippen LogP contribution is -2.50. The number of rotatable bonds is 8. The van der Waals surface area contributed by atoms with Crippen molar-refractivity contribution in [3.8, 4) is 0 Å². The molecule has 1 saturated carbocycles. The zero-order valence-electron chi connectivity index (χ0n) is 21.3. The summed E-state index contributed by atoms with van der Waals surface area (Å²) in [5.74, 6) is -0.565. The summed E-state index contributed by atoms with van der Waals surface area (Å²) in [6.07, 6.45) is 8.34. The first-order chi connectivity index (χ1) is 17.3. The van der Waals surface area contributed by atoms with E-state index in [1.807, 2.05) is 4.90 Å². The molecule has 1 aliphatic carbocycles. The third-order valence-corrected chi connectivity index (χ3v) is 7.63. The highest BCUT2D eigenvalue weighted by atomic mass is 19.1. The number of hydrogen-bond donors (Lipinski definition) is 3. The molecule has 9 heteroatoms. The summed E-state index contributed by atoms with van der Waals surface area (Å²) in [6.45, 7) is 4.56. The number of benzene rings is 1. The highest BCUT2D eigenvalue weighted by Gasteiger charge is 2.30. The summed E-state index contributed by atoms with van der Waals surface area (Å²) in [5.41, 5.74) is 0.770. The van der Waals surface area contributed by atoms with E-state index in [0.717, 1.165) is 57.9 Å². The van der Waals surface area contributed by atoms with Crippen LogP contribution in [0, 0.1) is 11.7 Å². The van der Waals surface area contributed by atoms with E-state index in [4.69, 9.17) is 0 Å². The van der Waals surface area contributed by atoms with E-state index >= 15 is 0 Å². The van der Waals surface area contributed by atoms with Crippen LogP contribution in [0.2, 0.25) is 0 Å². The van der Waals surface area contributed by atoms with Gasteiger partial charge in [0, 0.05) is 24.9 Å². The third-order valence-electron chi connectivity index (χ3n) is 7.63. The van der Waals surface area contributed by atoms with Crippen LogP contribution < -0.4 is 10.6 Å². The standard InChI is InChI=1S/C27H38FN5O3/c1-17-9-6-7-16-33(17)23(34)15-14-22(31-26(35)19-10-4-3-5-11-19)27(36)29-18(2)25-30-21-13-8-12-20(28)24(21)32-25/h8,12-13,17-19,22H,3-7,9-11,14-16H2,1-2H3,(H,29,36)(H,30,32)(H,31,35)/t17-,18-,22-/m0/s1. The minimum absolute atomic E-state index is 0.0210. The maximum atomic E-state index is 14.1. The molecule has 2 heterocycles. The molecule has 36 heavy (non-hydrogen) atoms. The van der Waals surface area contributed by atoms with E-state index in [-0.39, 0.29) is 48.0 Å². The molecule has 2 aromatic rings. The average molecular weight is 500 g/mol. The second-order valence-electron chi connectivity index (χ2n) is 10.4. The van der Waals surface area contributed by atoms with Crippen LogP contribution in [-0.4, -0.2) is 51.2 Å². The second-order valence-corrected chi connectivity index (χ2v) is 10.4. The number of amides is 3. The van der Waals surface area contributed by atoms with Gasteiger partial charge < -0.3 is 20.5 Å². The van der Waals surface area contributed by atoms with Gasteiger partial charge in [-0.1, -0.05) is 25.3 Å². The van der Waals surface area contributed by atoms with Gasteiger partial charge in [-0.05, 0) is 64.5 Å². The van der Waals surface area contributed by atoms with E-state index in [1.165, 1.54) is 6.07 Å². The van der Waals surface area contributed by atoms with E-state index in [0.29, 0.717) is 11.3 Å². The number of aromatic nitrogens is 2. The molecule has 1 aliphatic heterocycles. The molecule has 0 radical (unpaired) electrons. The summed E-state index contributed by atoms with van der Waals surface area (Å²) < 4.78 is 14.1. The molecule has 0 spiro atoms. The van der Waals surface area contributed by atoms with E-state index in [2.05, 4.69) is 27.5 Å². The Labute approximate surface area is 211 Å². The van der Waals surface area contributed by atoms with E-state index in [9.17, 15) is 18.8 Å². The van der Waals surface area contributed by atoms with Gasteiger partial charge in [-0.25, -0.2) is 9.37 Å². The van der Waals surface area contributed by atoms with Crippen LogP contribution in [0.15, 0.2) is 18.2 Å². The Bertz CT molecular complexity index is 1080. The summed E-state index contributed by atoms with van der Waals surface area (Å²) in [5, 5.41) is 5.84. The number of halogens is 1. The molecule has 196 valence electrons. The lowest BCUT2D eigenvalue weighted by Gasteiger charge is -2.34. The van der Waals surface area contributed by atoms with Gasteiger partial charge in [0.05, 0.1) is 11.6 Å². The molecule has 2 aliphatic rings. The fraction of sp³-hybridized carbons (Fsp3) is 0.630. The minimum atomic E-state index is -0.827. The summed E-state index contributed by atoms with van der Waals surface area (Å²) in [7, 11) is 0. The number of aromatic amines is 1. The van der Waals surface area contributed by atoms with Gasteiger partial charge in [0.15, 0.2) is 5.82 Å². The van der Waals surface area contributed by atoms with Crippen molar-refractivity contribution in [2.45, 2.75) is 96.2 Å². The number of para-hydroxylation sites is 1. The number of carbonyl (C=O) groups excluding carboxylic acids is 3. The second kappa shape index (κ2) is 11.8. The number of fused-ring (bicyclic) bond motifs is 1. The predicted molar refractivity (Wildman–Crippen MR) is 135 cm³/mol. The molecule has 0 bridgehead atoms. The number of nitrogens with zero attached hydrogens (tertiary/aromatic N) is 2. The van der Waals surface area contributed by atoms with Crippen molar-refractivity contribution >= 4 is 28.8 Å². The number of piperidine rings is 1. The van der Waals surface area contributed by atoms with E-state index < -0.39 is 17.9 Å². The lowest BCUT2D eigenvalue weighted by atomic mass is 9.88. The quantitative estimate of drug-likeness (QED) is 0.508. The van der Waals surface area contributed by atoms with Crippen LogP contribution in [0.3, 0.4) is 0 Å². The fourth-order valence-electron chi connectivity index (χ4n) is 5.41. The monoisotopic (exact) mass is 499 g/mol. The zero-order chi connectivity index (χ0) is 25.7. The summed E-state index contributed by atoms with van der Waals surface area (Å²) >= 11 is 0. The number of carbonyl (C=O) groups is 3. The number of nitrogens with one attached hydrogen (secondary N) is 3. The van der Waals surface area contributed by atoms with Crippen LogP contribution in [0.4, 0.5) is 4.39 Å². The Hall–Kier alpha value is -2.97. The Morgan fingerprint density at radius 3 is 2.58 bits per heavy atom. The van der Waals surface area contributed by atoms with Crippen molar-refractivity contribution in [3.63, 3.8) is 0 Å². The van der Waals surface area contributed by atoms with Crippen molar-refractivity contribution in [3.05, 3.63) is 29.8 Å². The van der Waals surface area contributed by atoms with Crippen molar-refractivity contribution in [1.82, 2.24) is 25.5 Å². The first-order valence-corrected chi connectivity index (χ1v) is 13.4. The molecule has 2 fully saturated rings. The molecule has 0 unspecified atom stereocenters. The summed E-state index contributed by atoms with van der Waals surface area (Å²) in [6, 6.07) is 3.50. The van der Waals surface area contributed by atoms with Crippen LogP contribution in [-0.2, 0) is 14.4 Å². The fourth-order valence-corrected chi connectivity index (χ4v) is 5.41.